The molecular formula is C21H23ClF3N7. The number of halogens is 4. The predicted octanol–water partition coefficient (Wildman–Crippen LogP) is 5.44. The zero-order valence-electron chi connectivity index (χ0n) is 17.6. The molecule has 1 aliphatic heterocycles. The maximum atomic E-state index is 13.9. The highest BCUT2D eigenvalue weighted by atomic mass is 35.5. The number of nitrogens with one attached hydrogen (secondary N) is 4. The molecule has 1 aromatic carbocycles. The number of nitrogens with zero attached hydrogens (tertiary/aromatic N) is 3. The number of rotatable bonds is 5. The van der Waals surface area contributed by atoms with Crippen molar-refractivity contribution in [3.8, 4) is 0 Å². The van der Waals surface area contributed by atoms with Crippen LogP contribution >= 0.6 is 11.6 Å². The van der Waals surface area contributed by atoms with Crippen molar-refractivity contribution in [1.29, 1.82) is 0 Å². The lowest BCUT2D eigenvalue weighted by Gasteiger charge is -2.27. The summed E-state index contributed by atoms with van der Waals surface area (Å²) in [7, 11) is 0. The minimum absolute atomic E-state index is 0.120. The first-order valence-corrected chi connectivity index (χ1v) is 10.6. The Labute approximate surface area is 188 Å². The molecule has 4 rings (SSSR count). The number of hydrogen-bond acceptors (Lipinski definition) is 6. The van der Waals surface area contributed by atoms with Gasteiger partial charge in [-0.15, -0.1) is 0 Å². The number of piperidine rings is 1. The van der Waals surface area contributed by atoms with Crippen LogP contribution in [0.15, 0.2) is 24.4 Å². The lowest BCUT2D eigenvalue weighted by atomic mass is 9.85. The van der Waals surface area contributed by atoms with Crippen molar-refractivity contribution >= 4 is 34.9 Å². The quantitative estimate of drug-likeness (QED) is 0.401. The van der Waals surface area contributed by atoms with E-state index in [9.17, 15) is 13.2 Å². The summed E-state index contributed by atoms with van der Waals surface area (Å²) in [6.45, 7) is 5.05. The lowest BCUT2D eigenvalue weighted by molar-refractivity contribution is -0.138. The summed E-state index contributed by atoms with van der Waals surface area (Å²) in [6.07, 6.45) is -1.73. The van der Waals surface area contributed by atoms with Gasteiger partial charge in [0.2, 0.25) is 5.95 Å². The van der Waals surface area contributed by atoms with Gasteiger partial charge in [-0.1, -0.05) is 17.7 Å². The molecule has 0 spiro atoms. The van der Waals surface area contributed by atoms with Crippen LogP contribution in [0.5, 0.6) is 0 Å². The van der Waals surface area contributed by atoms with Gasteiger partial charge in [0.15, 0.2) is 11.6 Å². The molecule has 0 atom stereocenters. The Bertz CT molecular complexity index is 1110. The smallest absolute Gasteiger partial charge is 0.324 e. The Kier molecular flexibility index (Phi) is 6.25. The van der Waals surface area contributed by atoms with E-state index in [0.717, 1.165) is 11.8 Å². The Morgan fingerprint density at radius 1 is 1.09 bits per heavy atom. The molecule has 32 heavy (non-hydrogen) atoms. The van der Waals surface area contributed by atoms with Gasteiger partial charge in [0.25, 0.3) is 0 Å². The average Bonchev–Trinajstić information content (AvgIpc) is 3.16. The van der Waals surface area contributed by atoms with E-state index in [2.05, 4.69) is 36.1 Å². The molecular weight excluding hydrogens is 443 g/mol. The van der Waals surface area contributed by atoms with Crippen LogP contribution in [0.4, 0.5) is 36.4 Å². The fraction of sp³-hybridized carbons (Fsp3) is 0.381. The first-order chi connectivity index (χ1) is 15.2. The summed E-state index contributed by atoms with van der Waals surface area (Å²) in [5, 5.41) is 16.2. The van der Waals surface area contributed by atoms with Crippen molar-refractivity contribution in [3.05, 3.63) is 51.8 Å². The molecule has 1 fully saturated rings. The zero-order valence-corrected chi connectivity index (χ0v) is 18.3. The van der Waals surface area contributed by atoms with Crippen molar-refractivity contribution in [2.45, 2.75) is 38.8 Å². The van der Waals surface area contributed by atoms with Gasteiger partial charge in [-0.3, -0.25) is 5.10 Å². The molecule has 0 saturated carbocycles. The first-order valence-electron chi connectivity index (χ1n) is 10.2. The van der Waals surface area contributed by atoms with Gasteiger partial charge in [0, 0.05) is 17.4 Å². The largest absolute Gasteiger partial charge is 0.416 e. The second-order valence-electron chi connectivity index (χ2n) is 7.85. The number of anilines is 4. The van der Waals surface area contributed by atoms with E-state index < -0.39 is 11.7 Å². The van der Waals surface area contributed by atoms with Crippen LogP contribution in [-0.4, -0.2) is 33.3 Å². The Balaban J connectivity index is 1.64. The molecule has 1 saturated heterocycles. The average molecular weight is 466 g/mol. The molecule has 0 aliphatic carbocycles. The molecule has 0 radical (unpaired) electrons. The highest BCUT2D eigenvalue weighted by Crippen LogP contribution is 2.41. The maximum absolute atomic E-state index is 13.9. The van der Waals surface area contributed by atoms with Gasteiger partial charge in [-0.25, -0.2) is 4.98 Å². The molecule has 3 aromatic rings. The fourth-order valence-corrected chi connectivity index (χ4v) is 3.96. The van der Waals surface area contributed by atoms with Gasteiger partial charge < -0.3 is 16.0 Å². The maximum Gasteiger partial charge on any atom is 0.416 e. The summed E-state index contributed by atoms with van der Waals surface area (Å²) in [5.74, 6) is 0.794. The monoisotopic (exact) mass is 465 g/mol. The lowest BCUT2D eigenvalue weighted by Crippen LogP contribution is -2.28. The van der Waals surface area contributed by atoms with Crippen LogP contribution in [0.3, 0.4) is 0 Å². The molecule has 7 nitrogen and oxygen atoms in total. The molecule has 170 valence electrons. The van der Waals surface area contributed by atoms with Gasteiger partial charge in [0.1, 0.15) is 5.02 Å². The minimum Gasteiger partial charge on any atom is -0.324 e. The Morgan fingerprint density at radius 2 is 1.84 bits per heavy atom. The minimum atomic E-state index is -4.46. The molecule has 0 unspecified atom stereocenters. The Morgan fingerprint density at radius 3 is 2.50 bits per heavy atom. The van der Waals surface area contributed by atoms with Crippen molar-refractivity contribution in [1.82, 2.24) is 25.5 Å². The molecule has 11 heteroatoms. The van der Waals surface area contributed by atoms with Crippen LogP contribution in [0.1, 0.15) is 41.1 Å². The third-order valence-electron chi connectivity index (χ3n) is 5.42. The normalized spacial score (nSPS) is 15.1. The van der Waals surface area contributed by atoms with Gasteiger partial charge in [-0.05, 0) is 62.9 Å². The van der Waals surface area contributed by atoms with Crippen LogP contribution in [0.2, 0.25) is 5.02 Å². The van der Waals surface area contributed by atoms with Crippen LogP contribution in [0, 0.1) is 13.8 Å². The third-order valence-corrected chi connectivity index (χ3v) is 5.70. The highest BCUT2D eigenvalue weighted by Gasteiger charge is 2.36. The molecule has 0 amide bonds. The molecule has 0 bridgehead atoms. The molecule has 1 aliphatic rings. The van der Waals surface area contributed by atoms with E-state index in [1.807, 2.05) is 6.92 Å². The number of benzene rings is 1. The second kappa shape index (κ2) is 8.95. The zero-order chi connectivity index (χ0) is 22.9. The number of hydrogen-bond donors (Lipinski definition) is 4. The highest BCUT2D eigenvalue weighted by molar-refractivity contribution is 6.32. The van der Waals surface area contributed by atoms with Crippen molar-refractivity contribution < 1.29 is 13.2 Å². The summed E-state index contributed by atoms with van der Waals surface area (Å²) >= 11 is 6.17. The number of aromatic nitrogens is 4. The summed E-state index contributed by atoms with van der Waals surface area (Å²) < 4.78 is 41.7. The first kappa shape index (κ1) is 22.3. The summed E-state index contributed by atoms with van der Waals surface area (Å²) in [4.78, 5) is 8.42. The van der Waals surface area contributed by atoms with Crippen LogP contribution in [0.25, 0.3) is 0 Å². The SMILES string of the molecule is Cc1cc(Nc2nc(Nc3cc(C(F)(F)F)c(C4CCNCC4)cc3C)ncc2Cl)n[nH]1. The van der Waals surface area contributed by atoms with Crippen molar-refractivity contribution in [2.75, 3.05) is 23.7 Å². The van der Waals surface area contributed by atoms with E-state index in [-0.39, 0.29) is 22.7 Å². The molecule has 3 heterocycles. The van der Waals surface area contributed by atoms with Gasteiger partial charge >= 0.3 is 6.18 Å². The summed E-state index contributed by atoms with van der Waals surface area (Å²) in [6, 6.07) is 4.54. The Hall–Kier alpha value is -2.85. The van der Waals surface area contributed by atoms with Gasteiger partial charge in [0.05, 0.1) is 11.8 Å². The van der Waals surface area contributed by atoms with E-state index in [4.69, 9.17) is 11.6 Å². The molecule has 2 aromatic heterocycles. The standard InChI is InChI=1S/C21H23ClF3N7/c1-11-7-14(13-3-5-26-6-4-13)15(21(23,24)25)9-17(11)28-20-27-10-16(22)19(30-20)29-18-8-12(2)31-32-18/h7-10,13,26H,3-6H2,1-2H3,(H3,27,28,29,30,31,32). The van der Waals surface area contributed by atoms with E-state index >= 15 is 0 Å². The molecule has 4 N–H and O–H groups in total. The van der Waals surface area contributed by atoms with Crippen LogP contribution < -0.4 is 16.0 Å². The van der Waals surface area contributed by atoms with Gasteiger partial charge in [-0.2, -0.15) is 23.3 Å². The number of H-pyrrole nitrogens is 1. The number of aromatic amines is 1. The third kappa shape index (κ3) is 4.97. The van der Waals surface area contributed by atoms with E-state index in [0.29, 0.717) is 48.6 Å². The van der Waals surface area contributed by atoms with E-state index in [1.165, 1.54) is 6.20 Å². The van der Waals surface area contributed by atoms with E-state index in [1.54, 1.807) is 19.1 Å². The second-order valence-corrected chi connectivity index (χ2v) is 8.26. The topological polar surface area (TPSA) is 90.6 Å². The fourth-order valence-electron chi connectivity index (χ4n) is 3.82. The van der Waals surface area contributed by atoms with Crippen LogP contribution in [-0.2, 0) is 6.18 Å². The number of alkyl halides is 3. The summed E-state index contributed by atoms with van der Waals surface area (Å²) in [5.41, 5.74) is 1.54. The van der Waals surface area contributed by atoms with Crippen molar-refractivity contribution in [2.24, 2.45) is 0 Å². The predicted molar refractivity (Wildman–Crippen MR) is 118 cm³/mol. The number of aryl methyl sites for hydroxylation is 2. The van der Waals surface area contributed by atoms with Crippen molar-refractivity contribution in [3.63, 3.8) is 0 Å².